The maximum Gasteiger partial charge on any atom is 0.328 e. The highest BCUT2D eigenvalue weighted by Crippen LogP contribution is 2.31. The second-order valence-electron chi connectivity index (χ2n) is 4.00. The number of aliphatic carboxylic acids is 1. The summed E-state index contributed by atoms with van der Waals surface area (Å²) in [4.78, 5) is 10.8. The number of methoxy groups -OCH3 is 1. The maximum absolute atomic E-state index is 10.8. The molecular formula is C14H18O4. The number of rotatable bonds is 6. The molecule has 0 saturated heterocycles. The van der Waals surface area contributed by atoms with Gasteiger partial charge in [-0.25, -0.2) is 4.79 Å². The fraction of sp³-hybridized carbons (Fsp3) is 0.357. The van der Waals surface area contributed by atoms with Crippen molar-refractivity contribution in [2.45, 2.75) is 26.2 Å². The van der Waals surface area contributed by atoms with E-state index in [0.717, 1.165) is 24.0 Å². The first-order valence-electron chi connectivity index (χ1n) is 5.89. The van der Waals surface area contributed by atoms with E-state index in [0.29, 0.717) is 12.2 Å². The van der Waals surface area contributed by atoms with Crippen LogP contribution in [0, 0.1) is 0 Å². The van der Waals surface area contributed by atoms with E-state index in [4.69, 9.17) is 9.84 Å². The Kier molecular flexibility index (Phi) is 5.24. The molecule has 0 unspecified atom stereocenters. The van der Waals surface area contributed by atoms with Gasteiger partial charge in [0.1, 0.15) is 0 Å². The van der Waals surface area contributed by atoms with Gasteiger partial charge in [-0.2, -0.15) is 0 Å². The summed E-state index contributed by atoms with van der Waals surface area (Å²) in [5, 5.41) is 18.4. The number of hydrogen-bond donors (Lipinski definition) is 2. The monoisotopic (exact) mass is 250 g/mol. The highest BCUT2D eigenvalue weighted by Gasteiger charge is 2.08. The average Bonchev–Trinajstić information content (AvgIpc) is 2.34. The molecule has 0 aromatic heterocycles. The molecule has 0 aliphatic heterocycles. The van der Waals surface area contributed by atoms with Crippen LogP contribution in [0.4, 0.5) is 0 Å². The van der Waals surface area contributed by atoms with Gasteiger partial charge < -0.3 is 14.9 Å². The molecular weight excluding hydrogens is 232 g/mol. The summed E-state index contributed by atoms with van der Waals surface area (Å²) >= 11 is 0. The molecule has 0 aliphatic rings. The van der Waals surface area contributed by atoms with Crippen LogP contribution in [0.3, 0.4) is 0 Å². The standard InChI is InChI=1S/C14H18O4/c1-3-4-5-10(9-14(16)17)11-6-7-12(15)13(8-11)18-2/h6-9,15H,3-5H2,1-2H3,(H,16,17). The van der Waals surface area contributed by atoms with Gasteiger partial charge in [-0.15, -0.1) is 0 Å². The summed E-state index contributed by atoms with van der Waals surface area (Å²) in [6, 6.07) is 4.86. The largest absolute Gasteiger partial charge is 0.504 e. The first kappa shape index (κ1) is 14.1. The summed E-state index contributed by atoms with van der Waals surface area (Å²) < 4.78 is 5.02. The van der Waals surface area contributed by atoms with Gasteiger partial charge in [0.2, 0.25) is 0 Å². The third kappa shape index (κ3) is 3.80. The van der Waals surface area contributed by atoms with Crippen molar-refractivity contribution in [3.8, 4) is 11.5 Å². The van der Waals surface area contributed by atoms with Crippen molar-refractivity contribution in [1.29, 1.82) is 0 Å². The molecule has 4 nitrogen and oxygen atoms in total. The minimum absolute atomic E-state index is 0.0476. The number of benzene rings is 1. The van der Waals surface area contributed by atoms with Gasteiger partial charge in [-0.05, 0) is 36.1 Å². The van der Waals surface area contributed by atoms with Crippen LogP contribution < -0.4 is 4.74 Å². The van der Waals surface area contributed by atoms with Crippen molar-refractivity contribution < 1.29 is 19.7 Å². The van der Waals surface area contributed by atoms with Gasteiger partial charge in [-0.3, -0.25) is 0 Å². The Morgan fingerprint density at radius 2 is 2.17 bits per heavy atom. The Balaban J connectivity index is 3.08. The topological polar surface area (TPSA) is 66.8 Å². The molecule has 0 radical (unpaired) electrons. The summed E-state index contributed by atoms with van der Waals surface area (Å²) in [6.45, 7) is 2.05. The van der Waals surface area contributed by atoms with Crippen LogP contribution in [-0.2, 0) is 4.79 Å². The number of carbonyl (C=O) groups is 1. The Morgan fingerprint density at radius 1 is 1.44 bits per heavy atom. The van der Waals surface area contributed by atoms with Crippen LogP contribution in [0.15, 0.2) is 24.3 Å². The lowest BCUT2D eigenvalue weighted by atomic mass is 9.99. The molecule has 0 aliphatic carbocycles. The van der Waals surface area contributed by atoms with Gasteiger partial charge in [-0.1, -0.05) is 19.4 Å². The van der Waals surface area contributed by atoms with Gasteiger partial charge in [0.05, 0.1) is 7.11 Å². The fourth-order valence-corrected chi connectivity index (χ4v) is 1.69. The van der Waals surface area contributed by atoms with E-state index in [1.807, 2.05) is 0 Å². The van der Waals surface area contributed by atoms with Gasteiger partial charge >= 0.3 is 5.97 Å². The van der Waals surface area contributed by atoms with Crippen molar-refractivity contribution >= 4 is 11.5 Å². The molecule has 98 valence electrons. The lowest BCUT2D eigenvalue weighted by Crippen LogP contribution is -1.94. The Labute approximate surface area is 107 Å². The summed E-state index contributed by atoms with van der Waals surface area (Å²) in [7, 11) is 1.46. The summed E-state index contributed by atoms with van der Waals surface area (Å²) in [5.74, 6) is -0.570. The smallest absolute Gasteiger partial charge is 0.328 e. The van der Waals surface area contributed by atoms with Gasteiger partial charge in [0.25, 0.3) is 0 Å². The third-order valence-corrected chi connectivity index (χ3v) is 2.65. The number of carboxylic acids is 1. The average molecular weight is 250 g/mol. The number of phenols is 1. The number of allylic oxidation sites excluding steroid dienone is 1. The van der Waals surface area contributed by atoms with E-state index < -0.39 is 5.97 Å². The third-order valence-electron chi connectivity index (χ3n) is 2.65. The number of phenolic OH excluding ortho intramolecular Hbond substituents is 1. The van der Waals surface area contributed by atoms with Crippen LogP contribution in [0.2, 0.25) is 0 Å². The van der Waals surface area contributed by atoms with Crippen LogP contribution >= 0.6 is 0 Å². The van der Waals surface area contributed by atoms with E-state index in [9.17, 15) is 9.90 Å². The molecule has 0 amide bonds. The molecule has 1 rings (SSSR count). The lowest BCUT2D eigenvalue weighted by molar-refractivity contribution is -0.131. The van der Waals surface area contributed by atoms with E-state index >= 15 is 0 Å². The molecule has 0 spiro atoms. The van der Waals surface area contributed by atoms with Gasteiger partial charge in [0, 0.05) is 6.08 Å². The van der Waals surface area contributed by atoms with Crippen LogP contribution in [0.5, 0.6) is 11.5 Å². The van der Waals surface area contributed by atoms with E-state index in [2.05, 4.69) is 6.92 Å². The molecule has 0 atom stereocenters. The quantitative estimate of drug-likeness (QED) is 0.761. The Hall–Kier alpha value is -1.97. The lowest BCUT2D eigenvalue weighted by Gasteiger charge is -2.09. The molecule has 2 N–H and O–H groups in total. The van der Waals surface area contributed by atoms with E-state index in [1.165, 1.54) is 19.3 Å². The zero-order valence-electron chi connectivity index (χ0n) is 10.6. The molecule has 0 saturated carbocycles. The predicted molar refractivity (Wildman–Crippen MR) is 69.8 cm³/mol. The first-order valence-corrected chi connectivity index (χ1v) is 5.89. The predicted octanol–water partition coefficient (Wildman–Crippen LogP) is 3.06. The molecule has 4 heteroatoms. The number of ether oxygens (including phenoxy) is 1. The number of hydrogen-bond acceptors (Lipinski definition) is 3. The second-order valence-corrected chi connectivity index (χ2v) is 4.00. The molecule has 18 heavy (non-hydrogen) atoms. The van der Waals surface area contributed by atoms with Crippen LogP contribution in [0.1, 0.15) is 31.7 Å². The zero-order chi connectivity index (χ0) is 13.5. The first-order chi connectivity index (χ1) is 8.58. The normalized spacial score (nSPS) is 11.3. The van der Waals surface area contributed by atoms with Crippen molar-refractivity contribution in [3.63, 3.8) is 0 Å². The second kappa shape index (κ2) is 6.69. The van der Waals surface area contributed by atoms with Crippen LogP contribution in [0.25, 0.3) is 5.57 Å². The molecule has 0 bridgehead atoms. The molecule has 1 aromatic carbocycles. The maximum atomic E-state index is 10.8. The molecule has 0 fully saturated rings. The SMILES string of the molecule is CCCCC(=CC(=O)O)c1ccc(O)c(OC)c1. The highest BCUT2D eigenvalue weighted by atomic mass is 16.5. The molecule has 0 heterocycles. The fourth-order valence-electron chi connectivity index (χ4n) is 1.69. The van der Waals surface area contributed by atoms with Crippen LogP contribution in [-0.4, -0.2) is 23.3 Å². The van der Waals surface area contributed by atoms with Crippen molar-refractivity contribution in [3.05, 3.63) is 29.8 Å². The summed E-state index contributed by atoms with van der Waals surface area (Å²) in [5.41, 5.74) is 1.50. The minimum atomic E-state index is -0.965. The van der Waals surface area contributed by atoms with Gasteiger partial charge in [0.15, 0.2) is 11.5 Å². The van der Waals surface area contributed by atoms with Crippen molar-refractivity contribution in [1.82, 2.24) is 0 Å². The Morgan fingerprint density at radius 3 is 2.72 bits per heavy atom. The van der Waals surface area contributed by atoms with E-state index in [-0.39, 0.29) is 5.75 Å². The van der Waals surface area contributed by atoms with E-state index in [1.54, 1.807) is 12.1 Å². The minimum Gasteiger partial charge on any atom is -0.504 e. The van der Waals surface area contributed by atoms with Crippen molar-refractivity contribution in [2.24, 2.45) is 0 Å². The Bertz CT molecular complexity index is 449. The highest BCUT2D eigenvalue weighted by molar-refractivity contribution is 5.90. The van der Waals surface area contributed by atoms with Crippen molar-refractivity contribution in [2.75, 3.05) is 7.11 Å². The zero-order valence-corrected chi connectivity index (χ0v) is 10.6. The number of aromatic hydroxyl groups is 1. The number of unbranched alkanes of at least 4 members (excludes halogenated alkanes) is 1. The summed E-state index contributed by atoms with van der Waals surface area (Å²) in [6.07, 6.45) is 3.81. The molecule has 1 aromatic rings. The number of carboxylic acid groups (broad SMARTS) is 1.